The Morgan fingerprint density at radius 3 is 2.81 bits per heavy atom. The lowest BCUT2D eigenvalue weighted by Gasteiger charge is -2.35. The second kappa shape index (κ2) is 6.52. The summed E-state index contributed by atoms with van der Waals surface area (Å²) in [6.07, 6.45) is 7.38. The highest BCUT2D eigenvalue weighted by Crippen LogP contribution is 2.45. The lowest BCUT2D eigenvalue weighted by atomic mass is 9.88. The number of hydrogen-bond acceptors (Lipinski definition) is 4. The number of aromatic nitrogens is 2. The first-order valence-corrected chi connectivity index (χ1v) is 9.03. The zero-order chi connectivity index (χ0) is 18.1. The number of carbonyl (C=O) groups excluding carboxylic acids is 2. The zero-order valence-corrected chi connectivity index (χ0v) is 14.8. The number of hydrogen-bond donors (Lipinski definition) is 1. The predicted octanol–water partition coefficient (Wildman–Crippen LogP) is 2.49. The predicted molar refractivity (Wildman–Crippen MR) is 96.2 cm³/mol. The molecule has 1 aromatic heterocycles. The average Bonchev–Trinajstić information content (AvgIpc) is 2.86. The zero-order valence-electron chi connectivity index (χ0n) is 14.8. The van der Waals surface area contributed by atoms with Crippen LogP contribution in [-0.4, -0.2) is 38.3 Å². The van der Waals surface area contributed by atoms with Gasteiger partial charge in [0.1, 0.15) is 5.69 Å². The van der Waals surface area contributed by atoms with E-state index in [4.69, 9.17) is 0 Å². The Kier molecular flexibility index (Phi) is 4.18. The van der Waals surface area contributed by atoms with Crippen LogP contribution in [0.4, 0.5) is 0 Å². The molecule has 0 unspecified atom stereocenters. The summed E-state index contributed by atoms with van der Waals surface area (Å²) in [5, 5.41) is 3.18. The van der Waals surface area contributed by atoms with Gasteiger partial charge in [-0.15, -0.1) is 0 Å². The highest BCUT2D eigenvalue weighted by Gasteiger charge is 2.53. The molecule has 2 aromatic rings. The van der Waals surface area contributed by atoms with Crippen LogP contribution in [0.15, 0.2) is 48.9 Å². The Bertz CT molecular complexity index is 811. The summed E-state index contributed by atoms with van der Waals surface area (Å²) in [4.78, 5) is 35.7. The molecule has 26 heavy (non-hydrogen) atoms. The van der Waals surface area contributed by atoms with Crippen molar-refractivity contribution in [2.75, 3.05) is 0 Å². The van der Waals surface area contributed by atoms with Gasteiger partial charge in [0, 0.05) is 18.8 Å². The van der Waals surface area contributed by atoms with Crippen LogP contribution in [0, 0.1) is 0 Å². The van der Waals surface area contributed by atoms with Crippen LogP contribution >= 0.6 is 0 Å². The third-order valence-electron chi connectivity index (χ3n) is 5.53. The molecule has 0 bridgehead atoms. The summed E-state index contributed by atoms with van der Waals surface area (Å²) in [6, 6.07) is 9.85. The van der Waals surface area contributed by atoms with Crippen molar-refractivity contribution in [2.45, 2.75) is 50.2 Å². The molecule has 0 radical (unpaired) electrons. The minimum absolute atomic E-state index is 0.0614. The van der Waals surface area contributed by atoms with Crippen LogP contribution in [0.1, 0.15) is 54.7 Å². The van der Waals surface area contributed by atoms with E-state index in [2.05, 4.69) is 22.2 Å². The minimum Gasteiger partial charge on any atom is -0.349 e. The fourth-order valence-corrected chi connectivity index (χ4v) is 4.37. The van der Waals surface area contributed by atoms with E-state index in [1.807, 2.05) is 35.2 Å². The molecule has 1 aromatic carbocycles. The van der Waals surface area contributed by atoms with Crippen molar-refractivity contribution in [3.8, 4) is 0 Å². The van der Waals surface area contributed by atoms with E-state index in [0.717, 1.165) is 18.4 Å². The van der Waals surface area contributed by atoms with Gasteiger partial charge < -0.3 is 10.2 Å². The van der Waals surface area contributed by atoms with Gasteiger partial charge in [-0.25, -0.2) is 4.98 Å². The molecular weight excluding hydrogens is 328 g/mol. The first-order chi connectivity index (χ1) is 12.6. The summed E-state index contributed by atoms with van der Waals surface area (Å²) >= 11 is 0. The maximum atomic E-state index is 13.3. The molecule has 6 heteroatoms. The van der Waals surface area contributed by atoms with Crippen molar-refractivity contribution in [3.05, 3.63) is 60.2 Å². The Balaban J connectivity index is 1.77. The Morgan fingerprint density at radius 2 is 2.08 bits per heavy atom. The number of nitrogens with zero attached hydrogens (tertiary/aromatic N) is 3. The van der Waals surface area contributed by atoms with E-state index in [0.29, 0.717) is 18.5 Å². The van der Waals surface area contributed by atoms with Crippen LogP contribution in [-0.2, 0) is 4.79 Å². The van der Waals surface area contributed by atoms with E-state index < -0.39 is 5.54 Å². The van der Waals surface area contributed by atoms with Crippen molar-refractivity contribution < 1.29 is 9.59 Å². The maximum absolute atomic E-state index is 13.3. The van der Waals surface area contributed by atoms with Gasteiger partial charge in [-0.05, 0) is 31.7 Å². The minimum atomic E-state index is -0.439. The standard InChI is InChI=1S/C20H22N4O2/c1-20-12-16(14-6-3-2-4-7-14)24(17(20)8-5-9-18(25)23-20)19(26)15-13-21-10-11-22-15/h2-4,6-7,10-11,13,16-17H,5,8-9,12H2,1H3,(H,23,25)/t16-,17-,20-/m0/s1. The van der Waals surface area contributed by atoms with Crippen LogP contribution < -0.4 is 5.32 Å². The molecule has 2 aliphatic heterocycles. The van der Waals surface area contributed by atoms with Crippen LogP contribution in [0.25, 0.3) is 0 Å². The second-order valence-corrected chi connectivity index (χ2v) is 7.31. The van der Waals surface area contributed by atoms with E-state index in [-0.39, 0.29) is 23.9 Å². The van der Waals surface area contributed by atoms with Gasteiger partial charge in [0.05, 0.1) is 23.8 Å². The van der Waals surface area contributed by atoms with Gasteiger partial charge >= 0.3 is 0 Å². The average molecular weight is 350 g/mol. The number of rotatable bonds is 2. The third kappa shape index (κ3) is 2.85. The number of amides is 2. The molecule has 0 aliphatic carbocycles. The summed E-state index contributed by atoms with van der Waals surface area (Å²) in [7, 11) is 0. The Hall–Kier alpha value is -2.76. The van der Waals surface area contributed by atoms with E-state index >= 15 is 0 Å². The normalized spacial score (nSPS) is 28.2. The molecule has 2 saturated heterocycles. The molecule has 4 rings (SSSR count). The quantitative estimate of drug-likeness (QED) is 0.903. The number of carbonyl (C=O) groups is 2. The van der Waals surface area contributed by atoms with Gasteiger partial charge in [0.15, 0.2) is 0 Å². The van der Waals surface area contributed by atoms with Gasteiger partial charge in [0.2, 0.25) is 5.91 Å². The lowest BCUT2D eigenvalue weighted by molar-refractivity contribution is -0.122. The summed E-state index contributed by atoms with van der Waals surface area (Å²) in [6.45, 7) is 2.06. The smallest absolute Gasteiger partial charge is 0.274 e. The lowest BCUT2D eigenvalue weighted by Crippen LogP contribution is -2.54. The number of benzene rings is 1. The van der Waals surface area contributed by atoms with Crippen molar-refractivity contribution in [2.24, 2.45) is 0 Å². The van der Waals surface area contributed by atoms with Gasteiger partial charge in [-0.3, -0.25) is 14.6 Å². The number of nitrogens with one attached hydrogen (secondary N) is 1. The molecule has 0 spiro atoms. The van der Waals surface area contributed by atoms with Crippen LogP contribution in [0.3, 0.4) is 0 Å². The molecular formula is C20H22N4O2. The first kappa shape index (κ1) is 16.7. The summed E-state index contributed by atoms with van der Waals surface area (Å²) in [5.41, 5.74) is 0.980. The van der Waals surface area contributed by atoms with Gasteiger partial charge in [0.25, 0.3) is 5.91 Å². The largest absolute Gasteiger partial charge is 0.349 e. The number of likely N-dealkylation sites (tertiary alicyclic amines) is 1. The van der Waals surface area contributed by atoms with Crippen molar-refractivity contribution in [3.63, 3.8) is 0 Å². The van der Waals surface area contributed by atoms with E-state index in [1.165, 1.54) is 12.4 Å². The molecule has 0 saturated carbocycles. The molecule has 6 nitrogen and oxygen atoms in total. The van der Waals surface area contributed by atoms with Crippen LogP contribution in [0.2, 0.25) is 0 Å². The maximum Gasteiger partial charge on any atom is 0.274 e. The van der Waals surface area contributed by atoms with Crippen molar-refractivity contribution in [1.29, 1.82) is 0 Å². The Labute approximate surface area is 152 Å². The molecule has 134 valence electrons. The van der Waals surface area contributed by atoms with Gasteiger partial charge in [-0.2, -0.15) is 0 Å². The summed E-state index contributed by atoms with van der Waals surface area (Å²) in [5.74, 6) is -0.0626. The van der Waals surface area contributed by atoms with Crippen molar-refractivity contribution >= 4 is 11.8 Å². The molecule has 2 aliphatic rings. The molecule has 2 fully saturated rings. The second-order valence-electron chi connectivity index (χ2n) is 7.31. The third-order valence-corrected chi connectivity index (χ3v) is 5.53. The first-order valence-electron chi connectivity index (χ1n) is 9.03. The fraction of sp³-hybridized carbons (Fsp3) is 0.400. The topological polar surface area (TPSA) is 75.2 Å². The monoisotopic (exact) mass is 350 g/mol. The number of fused-ring (bicyclic) bond motifs is 1. The summed E-state index contributed by atoms with van der Waals surface area (Å²) < 4.78 is 0. The highest BCUT2D eigenvalue weighted by atomic mass is 16.2. The highest BCUT2D eigenvalue weighted by molar-refractivity contribution is 5.93. The molecule has 1 N–H and O–H groups in total. The van der Waals surface area contributed by atoms with Gasteiger partial charge in [-0.1, -0.05) is 30.3 Å². The fourth-order valence-electron chi connectivity index (χ4n) is 4.37. The van der Waals surface area contributed by atoms with E-state index in [1.54, 1.807) is 6.20 Å². The molecule has 3 heterocycles. The van der Waals surface area contributed by atoms with Crippen LogP contribution in [0.5, 0.6) is 0 Å². The molecule has 3 atom stereocenters. The Morgan fingerprint density at radius 1 is 1.27 bits per heavy atom. The van der Waals surface area contributed by atoms with E-state index in [9.17, 15) is 9.59 Å². The van der Waals surface area contributed by atoms with Crippen molar-refractivity contribution in [1.82, 2.24) is 20.2 Å². The molecule has 2 amide bonds. The SMILES string of the molecule is C[C@]12C[C@@H](c3ccccc3)N(C(=O)c3cnccn3)[C@H]1CCCC(=O)N2.